The van der Waals surface area contributed by atoms with Gasteiger partial charge in [0.25, 0.3) is 0 Å². The summed E-state index contributed by atoms with van der Waals surface area (Å²) in [5, 5.41) is 22.1. The first-order valence-electron chi connectivity index (χ1n) is 11.8. The Bertz CT molecular complexity index is 1010. The van der Waals surface area contributed by atoms with E-state index < -0.39 is 5.60 Å². The largest absolute Gasteiger partial charge is 0.390 e. The molecule has 3 aliphatic heterocycles. The fraction of sp³-hybridized carbons (Fsp3) is 0.609. The molecule has 2 aromatic rings. The highest BCUT2D eigenvalue weighted by Gasteiger charge is 2.31. The van der Waals surface area contributed by atoms with Gasteiger partial charge < -0.3 is 15.3 Å². The van der Waals surface area contributed by atoms with Gasteiger partial charge in [0.2, 0.25) is 5.91 Å². The first-order valence-corrected chi connectivity index (χ1v) is 11.8. The second-order valence-electron chi connectivity index (χ2n) is 9.35. The lowest BCUT2D eigenvalue weighted by atomic mass is 9.88. The lowest BCUT2D eigenvalue weighted by Gasteiger charge is -2.37. The molecule has 5 rings (SSSR count). The maximum absolute atomic E-state index is 12.3. The van der Waals surface area contributed by atoms with E-state index in [1.54, 1.807) is 4.90 Å². The number of aliphatic hydroxyl groups is 1. The molecule has 1 aromatic carbocycles. The van der Waals surface area contributed by atoms with E-state index in [9.17, 15) is 14.7 Å². The number of carbonyl (C=O) groups is 2. The van der Waals surface area contributed by atoms with Gasteiger partial charge in [-0.1, -0.05) is 6.07 Å². The number of likely N-dealkylation sites (tertiary alicyclic amines) is 1. The van der Waals surface area contributed by atoms with Crippen LogP contribution in [0.4, 0.5) is 10.5 Å². The summed E-state index contributed by atoms with van der Waals surface area (Å²) in [5.41, 5.74) is 1.31. The fourth-order valence-electron chi connectivity index (χ4n) is 5.27. The molecule has 0 radical (unpaired) electrons. The number of hydrogen-bond donors (Lipinski definition) is 3. The molecule has 1 aromatic heterocycles. The molecule has 196 valence electrons. The van der Waals surface area contributed by atoms with Gasteiger partial charge in [-0.2, -0.15) is 5.10 Å². The van der Waals surface area contributed by atoms with Crippen LogP contribution in [0.3, 0.4) is 0 Å². The number of nitrogens with one attached hydrogen (secondary N) is 2. The Kier molecular flexibility index (Phi) is 10.6. The summed E-state index contributed by atoms with van der Waals surface area (Å²) in [6, 6.07) is 5.87. The van der Waals surface area contributed by atoms with Gasteiger partial charge in [-0.05, 0) is 57.3 Å². The molecule has 0 saturated carbocycles. The van der Waals surface area contributed by atoms with Crippen molar-refractivity contribution in [1.29, 1.82) is 0 Å². The molecule has 0 spiro atoms. The maximum Gasteiger partial charge on any atom is 0.328 e. The van der Waals surface area contributed by atoms with Crippen molar-refractivity contribution in [3.63, 3.8) is 0 Å². The van der Waals surface area contributed by atoms with E-state index >= 15 is 0 Å². The van der Waals surface area contributed by atoms with Crippen LogP contribution in [-0.2, 0) is 4.79 Å². The van der Waals surface area contributed by atoms with Crippen molar-refractivity contribution in [1.82, 2.24) is 25.3 Å². The topological polar surface area (TPSA) is 103 Å². The summed E-state index contributed by atoms with van der Waals surface area (Å²) in [4.78, 5) is 27.9. The smallest absolute Gasteiger partial charge is 0.328 e. The molecule has 3 fully saturated rings. The van der Waals surface area contributed by atoms with E-state index in [4.69, 9.17) is 5.10 Å². The van der Waals surface area contributed by atoms with Crippen LogP contribution in [0.25, 0.3) is 10.9 Å². The van der Waals surface area contributed by atoms with Crippen LogP contribution in [0, 0.1) is 0 Å². The second kappa shape index (κ2) is 12.6. The maximum atomic E-state index is 12.3. The summed E-state index contributed by atoms with van der Waals surface area (Å²) >= 11 is 0. The lowest BCUT2D eigenvalue weighted by Crippen LogP contribution is -2.49. The molecular weight excluding hydrogens is 515 g/mol. The van der Waals surface area contributed by atoms with Gasteiger partial charge in [-0.15, -0.1) is 37.2 Å². The Morgan fingerprint density at radius 1 is 1.06 bits per heavy atom. The van der Waals surface area contributed by atoms with E-state index in [-0.39, 0.29) is 49.2 Å². The van der Waals surface area contributed by atoms with Crippen molar-refractivity contribution in [3.05, 3.63) is 24.4 Å². The predicted octanol–water partition coefficient (Wildman–Crippen LogP) is 2.89. The first-order chi connectivity index (χ1) is 15.5. The van der Waals surface area contributed by atoms with Crippen molar-refractivity contribution in [2.75, 3.05) is 44.2 Å². The zero-order valence-corrected chi connectivity index (χ0v) is 22.1. The monoisotopic (exact) mass is 548 g/mol. The fourth-order valence-corrected chi connectivity index (χ4v) is 5.27. The number of nitrogens with zero attached hydrogens (tertiary/aromatic N) is 4. The third kappa shape index (κ3) is 6.39. The van der Waals surface area contributed by atoms with Gasteiger partial charge in [0.1, 0.15) is 0 Å². The van der Waals surface area contributed by atoms with Crippen molar-refractivity contribution in [2.45, 2.75) is 50.2 Å². The summed E-state index contributed by atoms with van der Waals surface area (Å²) in [6.45, 7) is 5.13. The molecule has 3 N–H and O–H groups in total. The lowest BCUT2D eigenvalue weighted by molar-refractivity contribution is -0.120. The van der Waals surface area contributed by atoms with Gasteiger partial charge in [0, 0.05) is 38.0 Å². The average molecular weight is 550 g/mol. The Morgan fingerprint density at radius 3 is 2.46 bits per heavy atom. The summed E-state index contributed by atoms with van der Waals surface area (Å²) < 4.78 is 2.10. The summed E-state index contributed by atoms with van der Waals surface area (Å²) in [6.07, 6.45) is 6.70. The number of fused-ring (bicyclic) bond motifs is 1. The number of piperidine rings is 2. The minimum Gasteiger partial charge on any atom is -0.390 e. The van der Waals surface area contributed by atoms with Crippen LogP contribution in [0.2, 0.25) is 0 Å². The SMILES string of the molecule is Cl.Cl.Cl.O=C1CCN(c2cccc3c2cnn3C2CCN(CCC3(O)CCNCC3)CC2)C(=O)N1. The van der Waals surface area contributed by atoms with E-state index in [0.29, 0.717) is 19.0 Å². The minimum atomic E-state index is -0.512. The molecule has 0 aliphatic carbocycles. The summed E-state index contributed by atoms with van der Waals surface area (Å²) in [5.74, 6) is -0.229. The minimum absolute atomic E-state index is 0. The number of anilines is 1. The molecule has 0 atom stereocenters. The molecule has 9 nitrogen and oxygen atoms in total. The van der Waals surface area contributed by atoms with Crippen LogP contribution < -0.4 is 15.5 Å². The number of urea groups is 1. The van der Waals surface area contributed by atoms with E-state index in [1.165, 1.54) is 0 Å². The van der Waals surface area contributed by atoms with Crippen molar-refractivity contribution in [3.8, 4) is 0 Å². The number of imide groups is 1. The van der Waals surface area contributed by atoms with E-state index in [2.05, 4.69) is 26.3 Å². The standard InChI is InChI=1S/C23H32N6O3.3ClH/c30-21-6-14-28(22(31)26-21)19-2-1-3-20-18(19)16-25-29(20)17-4-12-27(13-5-17)15-9-23(32)7-10-24-11-8-23;;;/h1-3,16-17,24,32H,4-15H2,(H,26,30,31);3*1H. The van der Waals surface area contributed by atoms with Crippen molar-refractivity contribution >= 4 is 65.7 Å². The second-order valence-corrected chi connectivity index (χ2v) is 9.35. The highest BCUT2D eigenvalue weighted by molar-refractivity contribution is 6.09. The Hall–Kier alpha value is -1.62. The van der Waals surface area contributed by atoms with Gasteiger partial charge in [-0.25, -0.2) is 4.79 Å². The van der Waals surface area contributed by atoms with Crippen molar-refractivity contribution in [2.24, 2.45) is 0 Å². The quantitative estimate of drug-likeness (QED) is 0.530. The zero-order chi connectivity index (χ0) is 22.1. The third-order valence-electron chi connectivity index (χ3n) is 7.29. The number of rotatable bonds is 5. The summed E-state index contributed by atoms with van der Waals surface area (Å²) in [7, 11) is 0. The van der Waals surface area contributed by atoms with Gasteiger partial charge >= 0.3 is 6.03 Å². The molecule has 12 heteroatoms. The number of benzene rings is 1. The van der Waals surface area contributed by atoms with Gasteiger partial charge in [-0.3, -0.25) is 19.7 Å². The Labute approximate surface area is 224 Å². The molecule has 3 saturated heterocycles. The highest BCUT2D eigenvalue weighted by atomic mass is 35.5. The van der Waals surface area contributed by atoms with E-state index in [1.807, 2.05) is 18.3 Å². The molecule has 0 unspecified atom stereocenters. The van der Waals surface area contributed by atoms with Crippen LogP contribution in [-0.4, -0.2) is 76.6 Å². The van der Waals surface area contributed by atoms with Crippen molar-refractivity contribution < 1.29 is 14.7 Å². The predicted molar refractivity (Wildman–Crippen MR) is 143 cm³/mol. The average Bonchev–Trinajstić information content (AvgIpc) is 3.23. The third-order valence-corrected chi connectivity index (χ3v) is 7.29. The molecule has 0 bridgehead atoms. The normalized spacial score (nSPS) is 21.0. The number of amides is 3. The number of carbonyl (C=O) groups excluding carboxylic acids is 2. The van der Waals surface area contributed by atoms with E-state index in [0.717, 1.165) is 81.4 Å². The van der Waals surface area contributed by atoms with Gasteiger partial charge in [0.05, 0.1) is 29.0 Å². The molecule has 3 amide bonds. The van der Waals surface area contributed by atoms with Crippen LogP contribution in [0.1, 0.15) is 44.6 Å². The number of halogens is 3. The van der Waals surface area contributed by atoms with Crippen LogP contribution in [0.5, 0.6) is 0 Å². The first kappa shape index (κ1) is 29.6. The Balaban J connectivity index is 0.00000144. The molecule has 4 heterocycles. The van der Waals surface area contributed by atoms with Crippen LogP contribution in [0.15, 0.2) is 24.4 Å². The number of aromatic nitrogens is 2. The molecule has 3 aliphatic rings. The zero-order valence-electron chi connectivity index (χ0n) is 19.6. The molecular formula is C23H35Cl3N6O3. The Morgan fingerprint density at radius 2 is 1.77 bits per heavy atom. The van der Waals surface area contributed by atoms with Gasteiger partial charge in [0.15, 0.2) is 0 Å². The number of hydrogen-bond acceptors (Lipinski definition) is 6. The molecule has 35 heavy (non-hydrogen) atoms. The highest BCUT2D eigenvalue weighted by Crippen LogP contribution is 2.32. The van der Waals surface area contributed by atoms with Crippen LogP contribution >= 0.6 is 37.2 Å².